The second-order valence-corrected chi connectivity index (χ2v) is 4.56. The first-order chi connectivity index (χ1) is 7.69. The van der Waals surface area contributed by atoms with Gasteiger partial charge in [-0.1, -0.05) is 29.8 Å². The van der Waals surface area contributed by atoms with Gasteiger partial charge in [0.15, 0.2) is 5.90 Å². The SMILES string of the molecule is CN=C(C)OC1CC(c2ccc(C)cc2)C1. The normalized spacial score (nSPS) is 25.1. The highest BCUT2D eigenvalue weighted by Crippen LogP contribution is 2.38. The summed E-state index contributed by atoms with van der Waals surface area (Å²) in [6.45, 7) is 4.04. The zero-order valence-corrected chi connectivity index (χ0v) is 10.2. The molecule has 0 spiro atoms. The maximum absolute atomic E-state index is 5.66. The van der Waals surface area contributed by atoms with Crippen LogP contribution in [0, 0.1) is 6.92 Å². The van der Waals surface area contributed by atoms with Crippen LogP contribution in [0.25, 0.3) is 0 Å². The van der Waals surface area contributed by atoms with Crippen molar-refractivity contribution in [3.05, 3.63) is 35.4 Å². The van der Waals surface area contributed by atoms with E-state index < -0.39 is 0 Å². The highest BCUT2D eigenvalue weighted by atomic mass is 16.5. The molecule has 1 fully saturated rings. The molecule has 0 atom stereocenters. The zero-order valence-electron chi connectivity index (χ0n) is 10.2. The third kappa shape index (κ3) is 2.43. The Morgan fingerprint density at radius 2 is 1.88 bits per heavy atom. The Morgan fingerprint density at radius 1 is 1.25 bits per heavy atom. The summed E-state index contributed by atoms with van der Waals surface area (Å²) >= 11 is 0. The molecule has 0 aromatic heterocycles. The summed E-state index contributed by atoms with van der Waals surface area (Å²) in [5.41, 5.74) is 2.77. The van der Waals surface area contributed by atoms with Gasteiger partial charge in [0.05, 0.1) is 0 Å². The van der Waals surface area contributed by atoms with Crippen molar-refractivity contribution < 1.29 is 4.74 Å². The van der Waals surface area contributed by atoms with Gasteiger partial charge in [-0.15, -0.1) is 0 Å². The summed E-state index contributed by atoms with van der Waals surface area (Å²) < 4.78 is 5.66. The number of benzene rings is 1. The van der Waals surface area contributed by atoms with Crippen LogP contribution in [-0.2, 0) is 4.74 Å². The van der Waals surface area contributed by atoms with Crippen molar-refractivity contribution in [1.82, 2.24) is 0 Å². The standard InChI is InChI=1S/C14H19NO/c1-10-4-6-12(7-5-10)13-8-14(9-13)16-11(2)15-3/h4-7,13-14H,8-9H2,1-3H3. The molecule has 0 aliphatic heterocycles. The minimum absolute atomic E-state index is 0.370. The van der Waals surface area contributed by atoms with Crippen LogP contribution in [0.4, 0.5) is 0 Å². The average Bonchev–Trinajstić information content (AvgIpc) is 2.24. The molecule has 1 aliphatic carbocycles. The van der Waals surface area contributed by atoms with E-state index in [-0.39, 0.29) is 0 Å². The number of nitrogens with zero attached hydrogens (tertiary/aromatic N) is 1. The molecular weight excluding hydrogens is 198 g/mol. The van der Waals surface area contributed by atoms with E-state index in [0.29, 0.717) is 12.0 Å². The molecule has 2 nitrogen and oxygen atoms in total. The fourth-order valence-corrected chi connectivity index (χ4v) is 2.07. The molecule has 0 unspecified atom stereocenters. The maximum Gasteiger partial charge on any atom is 0.180 e. The van der Waals surface area contributed by atoms with Crippen LogP contribution >= 0.6 is 0 Å². The molecule has 0 N–H and O–H groups in total. The van der Waals surface area contributed by atoms with Crippen molar-refractivity contribution in [2.45, 2.75) is 38.7 Å². The second kappa shape index (κ2) is 4.69. The maximum atomic E-state index is 5.66. The van der Waals surface area contributed by atoms with Crippen LogP contribution in [0.5, 0.6) is 0 Å². The molecule has 0 saturated heterocycles. The van der Waals surface area contributed by atoms with Gasteiger partial charge >= 0.3 is 0 Å². The van der Waals surface area contributed by atoms with Crippen molar-refractivity contribution in [3.63, 3.8) is 0 Å². The lowest BCUT2D eigenvalue weighted by atomic mass is 9.77. The van der Waals surface area contributed by atoms with Gasteiger partial charge in [-0.25, -0.2) is 0 Å². The van der Waals surface area contributed by atoms with Crippen LogP contribution in [0.3, 0.4) is 0 Å². The van der Waals surface area contributed by atoms with Gasteiger partial charge in [0, 0.05) is 14.0 Å². The van der Waals surface area contributed by atoms with E-state index in [9.17, 15) is 0 Å². The van der Waals surface area contributed by atoms with E-state index in [1.54, 1.807) is 7.05 Å². The average molecular weight is 217 g/mol. The summed E-state index contributed by atoms with van der Waals surface area (Å²) in [5.74, 6) is 1.47. The zero-order chi connectivity index (χ0) is 11.5. The van der Waals surface area contributed by atoms with Crippen LogP contribution in [-0.4, -0.2) is 19.0 Å². The molecule has 0 heterocycles. The van der Waals surface area contributed by atoms with Crippen molar-refractivity contribution in [3.8, 4) is 0 Å². The summed E-state index contributed by atoms with van der Waals surface area (Å²) in [5, 5.41) is 0. The fourth-order valence-electron chi connectivity index (χ4n) is 2.07. The largest absolute Gasteiger partial charge is 0.478 e. The van der Waals surface area contributed by atoms with E-state index in [1.807, 2.05) is 6.92 Å². The highest BCUT2D eigenvalue weighted by Gasteiger charge is 2.31. The van der Waals surface area contributed by atoms with Crippen molar-refractivity contribution in [2.24, 2.45) is 4.99 Å². The molecule has 2 heteroatoms. The summed E-state index contributed by atoms with van der Waals surface area (Å²) in [6.07, 6.45) is 2.61. The monoisotopic (exact) mass is 217 g/mol. The molecule has 2 rings (SSSR count). The predicted octanol–water partition coefficient (Wildman–Crippen LogP) is 3.31. The van der Waals surface area contributed by atoms with E-state index in [0.717, 1.165) is 18.7 Å². The Balaban J connectivity index is 1.86. The molecular formula is C14H19NO. The predicted molar refractivity (Wildman–Crippen MR) is 67.1 cm³/mol. The van der Waals surface area contributed by atoms with Crippen LogP contribution in [0.1, 0.15) is 36.8 Å². The number of hydrogen-bond acceptors (Lipinski definition) is 2. The van der Waals surface area contributed by atoms with Gasteiger partial charge in [-0.05, 0) is 31.2 Å². The number of ether oxygens (including phenoxy) is 1. The van der Waals surface area contributed by atoms with Crippen LogP contribution in [0.15, 0.2) is 29.3 Å². The molecule has 1 aromatic carbocycles. The smallest absolute Gasteiger partial charge is 0.180 e. The number of aryl methyl sites for hydroxylation is 1. The first kappa shape index (κ1) is 11.2. The Kier molecular flexibility index (Phi) is 3.28. The summed E-state index contributed by atoms with van der Waals surface area (Å²) in [4.78, 5) is 4.01. The topological polar surface area (TPSA) is 21.6 Å². The van der Waals surface area contributed by atoms with Gasteiger partial charge in [-0.3, -0.25) is 4.99 Å². The van der Waals surface area contributed by atoms with Crippen LogP contribution in [0.2, 0.25) is 0 Å². The van der Waals surface area contributed by atoms with E-state index in [4.69, 9.17) is 4.74 Å². The summed E-state index contributed by atoms with van der Waals surface area (Å²) in [7, 11) is 1.77. The summed E-state index contributed by atoms with van der Waals surface area (Å²) in [6, 6.07) is 8.83. The Morgan fingerprint density at radius 3 is 2.44 bits per heavy atom. The van der Waals surface area contributed by atoms with Gasteiger partial charge < -0.3 is 4.74 Å². The fraction of sp³-hybridized carbons (Fsp3) is 0.500. The lowest BCUT2D eigenvalue weighted by molar-refractivity contribution is 0.0860. The van der Waals surface area contributed by atoms with E-state index in [2.05, 4.69) is 36.2 Å². The minimum Gasteiger partial charge on any atom is -0.478 e. The van der Waals surface area contributed by atoms with Gasteiger partial charge in [0.2, 0.25) is 0 Å². The Hall–Kier alpha value is -1.31. The Bertz CT molecular complexity index is 374. The third-order valence-corrected chi connectivity index (χ3v) is 3.30. The van der Waals surface area contributed by atoms with Gasteiger partial charge in [-0.2, -0.15) is 0 Å². The molecule has 1 aromatic rings. The van der Waals surface area contributed by atoms with E-state index in [1.165, 1.54) is 11.1 Å². The first-order valence-electron chi connectivity index (χ1n) is 5.85. The quantitative estimate of drug-likeness (QED) is 0.550. The van der Waals surface area contributed by atoms with Gasteiger partial charge in [0.25, 0.3) is 0 Å². The molecule has 1 aliphatic rings. The number of aliphatic imine (C=N–C) groups is 1. The lowest BCUT2D eigenvalue weighted by Crippen LogP contribution is -2.31. The van der Waals surface area contributed by atoms with Crippen molar-refractivity contribution in [2.75, 3.05) is 7.05 Å². The molecule has 86 valence electrons. The van der Waals surface area contributed by atoms with Crippen molar-refractivity contribution >= 4 is 5.90 Å². The third-order valence-electron chi connectivity index (χ3n) is 3.30. The van der Waals surface area contributed by atoms with E-state index >= 15 is 0 Å². The number of rotatable bonds is 2. The number of hydrogen-bond donors (Lipinski definition) is 0. The molecule has 1 saturated carbocycles. The molecule has 0 bridgehead atoms. The van der Waals surface area contributed by atoms with Crippen molar-refractivity contribution in [1.29, 1.82) is 0 Å². The molecule has 16 heavy (non-hydrogen) atoms. The molecule has 0 radical (unpaired) electrons. The first-order valence-corrected chi connectivity index (χ1v) is 5.85. The van der Waals surface area contributed by atoms with Crippen LogP contribution < -0.4 is 0 Å². The molecule has 0 amide bonds. The minimum atomic E-state index is 0.370. The lowest BCUT2D eigenvalue weighted by Gasteiger charge is -2.35. The highest BCUT2D eigenvalue weighted by molar-refractivity contribution is 5.73. The second-order valence-electron chi connectivity index (χ2n) is 4.56. The van der Waals surface area contributed by atoms with Gasteiger partial charge in [0.1, 0.15) is 6.10 Å². The Labute approximate surface area is 97.4 Å².